The Bertz CT molecular complexity index is 943. The van der Waals surface area contributed by atoms with E-state index in [9.17, 15) is 22.0 Å². The molecule has 0 aliphatic carbocycles. The number of fused-ring (bicyclic) bond motifs is 1. The van der Waals surface area contributed by atoms with E-state index in [1.807, 2.05) is 4.90 Å². The van der Waals surface area contributed by atoms with Crippen LogP contribution in [0.25, 0.3) is 0 Å². The van der Waals surface area contributed by atoms with Crippen molar-refractivity contribution in [3.63, 3.8) is 0 Å². The molecular formula is C22H26F5N3O. The number of benzene rings is 1. The smallest absolute Gasteiger partial charge is 0.395 e. The lowest BCUT2D eigenvalue weighted by atomic mass is 9.95. The fourth-order valence-electron chi connectivity index (χ4n) is 3.62. The first-order valence-corrected chi connectivity index (χ1v) is 10.1. The number of rotatable bonds is 7. The lowest BCUT2D eigenvalue weighted by molar-refractivity contribution is -0.160. The number of halogens is 5. The first-order chi connectivity index (χ1) is 14.4. The Hall–Kier alpha value is -2.58. The molecule has 31 heavy (non-hydrogen) atoms. The summed E-state index contributed by atoms with van der Waals surface area (Å²) in [7, 11) is 1.56. The van der Waals surface area contributed by atoms with Crippen LogP contribution in [0.2, 0.25) is 0 Å². The van der Waals surface area contributed by atoms with Crippen LogP contribution in [-0.2, 0) is 18.9 Å². The molecule has 9 heteroatoms. The Labute approximate surface area is 178 Å². The number of hydrogen-bond donors (Lipinski definition) is 1. The Balaban J connectivity index is 1.93. The van der Waals surface area contributed by atoms with E-state index in [2.05, 4.69) is 15.0 Å². The molecule has 0 bridgehead atoms. The third kappa shape index (κ3) is 5.02. The summed E-state index contributed by atoms with van der Waals surface area (Å²) < 4.78 is 74.3. The SMILES string of the molecule is CNc1nc2c(cc1C(F)(F)C(C)C)N(Cc1ccc(OC(C)(F)F)c(F)c1)CCC2. The van der Waals surface area contributed by atoms with Crippen molar-refractivity contribution >= 4 is 11.5 Å². The summed E-state index contributed by atoms with van der Waals surface area (Å²) in [6.45, 7) is 4.22. The number of pyridine rings is 1. The second-order valence-corrected chi connectivity index (χ2v) is 8.08. The van der Waals surface area contributed by atoms with Crippen LogP contribution in [0.1, 0.15) is 44.0 Å². The highest BCUT2D eigenvalue weighted by atomic mass is 19.3. The van der Waals surface area contributed by atoms with Crippen LogP contribution in [0, 0.1) is 11.7 Å². The van der Waals surface area contributed by atoms with E-state index in [-0.39, 0.29) is 17.9 Å². The van der Waals surface area contributed by atoms with Gasteiger partial charge in [-0.05, 0) is 36.6 Å². The van der Waals surface area contributed by atoms with Crippen LogP contribution >= 0.6 is 0 Å². The molecule has 0 fully saturated rings. The van der Waals surface area contributed by atoms with Crippen molar-refractivity contribution in [1.29, 1.82) is 0 Å². The highest BCUT2D eigenvalue weighted by Crippen LogP contribution is 2.42. The van der Waals surface area contributed by atoms with Gasteiger partial charge in [-0.15, -0.1) is 0 Å². The lowest BCUT2D eigenvalue weighted by Gasteiger charge is -2.33. The number of nitrogens with zero attached hydrogens (tertiary/aromatic N) is 2. The molecule has 4 nitrogen and oxygen atoms in total. The molecular weight excluding hydrogens is 417 g/mol. The van der Waals surface area contributed by atoms with Gasteiger partial charge in [-0.1, -0.05) is 19.9 Å². The van der Waals surface area contributed by atoms with Gasteiger partial charge in [-0.25, -0.2) is 18.2 Å². The second-order valence-electron chi connectivity index (χ2n) is 8.08. The molecule has 1 N–H and O–H groups in total. The quantitative estimate of drug-likeness (QED) is 0.537. The molecule has 0 radical (unpaired) electrons. The molecule has 0 unspecified atom stereocenters. The molecule has 1 aromatic heterocycles. The second kappa shape index (κ2) is 8.51. The minimum atomic E-state index is -3.50. The highest BCUT2D eigenvalue weighted by molar-refractivity contribution is 5.62. The molecule has 0 saturated carbocycles. The summed E-state index contributed by atoms with van der Waals surface area (Å²) in [6, 6.07) is 5.21. The van der Waals surface area contributed by atoms with Crippen molar-refractivity contribution in [2.24, 2.45) is 5.92 Å². The van der Waals surface area contributed by atoms with Gasteiger partial charge in [0.15, 0.2) is 11.6 Å². The maximum Gasteiger partial charge on any atom is 0.395 e. The average molecular weight is 443 g/mol. The van der Waals surface area contributed by atoms with Gasteiger partial charge in [0.25, 0.3) is 5.92 Å². The first kappa shape index (κ1) is 23.1. The lowest BCUT2D eigenvalue weighted by Crippen LogP contribution is -2.31. The fourth-order valence-corrected chi connectivity index (χ4v) is 3.62. The Morgan fingerprint density at radius 1 is 1.19 bits per heavy atom. The number of alkyl halides is 4. The zero-order valence-corrected chi connectivity index (χ0v) is 17.9. The summed E-state index contributed by atoms with van der Waals surface area (Å²) >= 11 is 0. The molecule has 0 saturated heterocycles. The fraction of sp³-hybridized carbons (Fsp3) is 0.500. The van der Waals surface area contributed by atoms with Gasteiger partial charge >= 0.3 is 6.11 Å². The van der Waals surface area contributed by atoms with Crippen LogP contribution in [0.3, 0.4) is 0 Å². The van der Waals surface area contributed by atoms with Crippen molar-refractivity contribution in [2.75, 3.05) is 23.8 Å². The predicted molar refractivity (Wildman–Crippen MR) is 110 cm³/mol. The molecule has 1 aliphatic heterocycles. The number of aryl methyl sites for hydroxylation is 1. The third-order valence-electron chi connectivity index (χ3n) is 5.24. The first-order valence-electron chi connectivity index (χ1n) is 10.1. The van der Waals surface area contributed by atoms with Crippen molar-refractivity contribution in [3.8, 4) is 5.75 Å². The summed E-state index contributed by atoms with van der Waals surface area (Å²) in [5, 5.41) is 2.77. The topological polar surface area (TPSA) is 37.4 Å². The van der Waals surface area contributed by atoms with Crippen LogP contribution in [0.5, 0.6) is 5.75 Å². The standard InChI is InChI=1S/C22H26F5N3O/c1-13(2)22(26,27)15-11-18-17(29-20(15)28-4)6-5-9-30(18)12-14-7-8-19(16(23)10-14)31-21(3,24)25/h7-8,10-11,13H,5-6,9,12H2,1-4H3,(H,28,29). The van der Waals surface area contributed by atoms with E-state index in [4.69, 9.17) is 0 Å². The zero-order chi connectivity index (χ0) is 23.0. The van der Waals surface area contributed by atoms with E-state index < -0.39 is 29.5 Å². The summed E-state index contributed by atoms with van der Waals surface area (Å²) in [5.74, 6) is -5.32. The third-order valence-corrected chi connectivity index (χ3v) is 5.24. The molecule has 2 aromatic rings. The van der Waals surface area contributed by atoms with E-state index in [1.165, 1.54) is 26.0 Å². The van der Waals surface area contributed by atoms with Gasteiger partial charge in [0.05, 0.1) is 16.9 Å². The maximum atomic E-state index is 14.9. The van der Waals surface area contributed by atoms with Crippen molar-refractivity contribution in [3.05, 3.63) is 46.9 Å². The van der Waals surface area contributed by atoms with E-state index in [0.29, 0.717) is 36.8 Å². The monoisotopic (exact) mass is 443 g/mol. The predicted octanol–water partition coefficient (Wildman–Crippen LogP) is 5.95. The normalized spacial score (nSPS) is 14.6. The summed E-state index contributed by atoms with van der Waals surface area (Å²) in [5.41, 5.74) is 1.58. The summed E-state index contributed by atoms with van der Waals surface area (Å²) in [4.78, 5) is 6.29. The zero-order valence-electron chi connectivity index (χ0n) is 17.9. The largest absolute Gasteiger partial charge is 0.430 e. The van der Waals surface area contributed by atoms with Crippen LogP contribution < -0.4 is 15.0 Å². The number of anilines is 2. The van der Waals surface area contributed by atoms with Gasteiger partial charge in [-0.2, -0.15) is 8.78 Å². The number of nitrogens with one attached hydrogen (secondary N) is 1. The number of ether oxygens (including phenoxy) is 1. The Morgan fingerprint density at radius 2 is 1.90 bits per heavy atom. The number of hydrogen-bond acceptors (Lipinski definition) is 4. The van der Waals surface area contributed by atoms with Gasteiger partial charge in [0, 0.05) is 33.0 Å². The minimum absolute atomic E-state index is 0.146. The molecule has 0 spiro atoms. The molecule has 0 amide bonds. The Kier molecular flexibility index (Phi) is 6.34. The Morgan fingerprint density at radius 3 is 2.48 bits per heavy atom. The molecule has 0 atom stereocenters. The van der Waals surface area contributed by atoms with Crippen molar-refractivity contribution in [2.45, 2.75) is 52.2 Å². The average Bonchev–Trinajstić information content (AvgIpc) is 2.68. The van der Waals surface area contributed by atoms with Gasteiger partial charge in [0.2, 0.25) is 0 Å². The van der Waals surface area contributed by atoms with Crippen LogP contribution in [0.15, 0.2) is 24.3 Å². The van der Waals surface area contributed by atoms with E-state index in [0.717, 1.165) is 18.6 Å². The van der Waals surface area contributed by atoms with Gasteiger partial charge in [-0.3, -0.25) is 0 Å². The maximum absolute atomic E-state index is 14.9. The highest BCUT2D eigenvalue weighted by Gasteiger charge is 2.39. The van der Waals surface area contributed by atoms with E-state index in [1.54, 1.807) is 7.05 Å². The van der Waals surface area contributed by atoms with Crippen molar-refractivity contribution < 1.29 is 26.7 Å². The van der Waals surface area contributed by atoms with Gasteiger partial charge < -0.3 is 15.0 Å². The van der Waals surface area contributed by atoms with Gasteiger partial charge in [0.1, 0.15) is 5.82 Å². The van der Waals surface area contributed by atoms with E-state index >= 15 is 0 Å². The van der Waals surface area contributed by atoms with Crippen LogP contribution in [0.4, 0.5) is 33.5 Å². The van der Waals surface area contributed by atoms with Crippen LogP contribution in [-0.4, -0.2) is 24.7 Å². The molecule has 1 aliphatic rings. The number of aromatic nitrogens is 1. The minimum Gasteiger partial charge on any atom is -0.430 e. The summed E-state index contributed by atoms with van der Waals surface area (Å²) in [6.07, 6.45) is -2.10. The molecule has 170 valence electrons. The van der Waals surface area contributed by atoms with Crippen molar-refractivity contribution in [1.82, 2.24) is 4.98 Å². The molecule has 3 rings (SSSR count). The molecule has 2 heterocycles. The molecule has 1 aromatic carbocycles.